The SMILES string of the molecule is CC#CCOc1cc(C)c(S(=O)(=O)Cl)cc1[N+](=O)[O-]. The van der Waals surface area contributed by atoms with Crippen molar-refractivity contribution in [1.82, 2.24) is 0 Å². The Morgan fingerprint density at radius 2 is 2.11 bits per heavy atom. The molecule has 0 atom stereocenters. The van der Waals surface area contributed by atoms with Crippen LogP contribution in [-0.4, -0.2) is 19.9 Å². The maximum atomic E-state index is 11.3. The summed E-state index contributed by atoms with van der Waals surface area (Å²) in [7, 11) is 1.16. The van der Waals surface area contributed by atoms with E-state index in [1.807, 2.05) is 0 Å². The molecule has 0 unspecified atom stereocenters. The molecule has 0 amide bonds. The van der Waals surface area contributed by atoms with Crippen LogP contribution in [0.2, 0.25) is 0 Å². The van der Waals surface area contributed by atoms with Crippen LogP contribution in [0, 0.1) is 28.9 Å². The maximum Gasteiger partial charge on any atom is 0.312 e. The van der Waals surface area contributed by atoms with Gasteiger partial charge in [0.25, 0.3) is 9.05 Å². The van der Waals surface area contributed by atoms with Crippen LogP contribution in [0.25, 0.3) is 0 Å². The first-order valence-corrected chi connectivity index (χ1v) is 7.34. The smallest absolute Gasteiger partial charge is 0.312 e. The molecular formula is C11H10ClNO5S. The van der Waals surface area contributed by atoms with Crippen molar-refractivity contribution in [1.29, 1.82) is 0 Å². The molecule has 0 bridgehead atoms. The normalized spacial score (nSPS) is 10.5. The van der Waals surface area contributed by atoms with Gasteiger partial charge in [-0.05, 0) is 25.5 Å². The molecule has 19 heavy (non-hydrogen) atoms. The number of halogens is 1. The highest BCUT2D eigenvalue weighted by atomic mass is 35.7. The first-order valence-electron chi connectivity index (χ1n) is 5.03. The summed E-state index contributed by atoms with van der Waals surface area (Å²) in [6.45, 7) is 3.05. The summed E-state index contributed by atoms with van der Waals surface area (Å²) in [5.41, 5.74) is -0.206. The second kappa shape index (κ2) is 5.91. The lowest BCUT2D eigenvalue weighted by atomic mass is 10.2. The Balaban J connectivity index is 3.36. The molecule has 102 valence electrons. The van der Waals surface area contributed by atoms with E-state index in [0.29, 0.717) is 0 Å². The van der Waals surface area contributed by atoms with Crippen molar-refractivity contribution in [3.8, 4) is 17.6 Å². The van der Waals surface area contributed by atoms with Crippen LogP contribution in [-0.2, 0) is 9.05 Å². The van der Waals surface area contributed by atoms with E-state index in [9.17, 15) is 18.5 Å². The minimum absolute atomic E-state index is 0.0241. The molecule has 0 heterocycles. The minimum atomic E-state index is -4.05. The molecule has 0 fully saturated rings. The van der Waals surface area contributed by atoms with E-state index in [-0.39, 0.29) is 22.8 Å². The molecule has 0 aromatic heterocycles. The maximum absolute atomic E-state index is 11.3. The van der Waals surface area contributed by atoms with Gasteiger partial charge in [0, 0.05) is 16.7 Å². The van der Waals surface area contributed by atoms with Crippen LogP contribution in [0.15, 0.2) is 17.0 Å². The fraction of sp³-hybridized carbons (Fsp3) is 0.273. The number of nitro groups is 1. The lowest BCUT2D eigenvalue weighted by Crippen LogP contribution is -2.02. The van der Waals surface area contributed by atoms with Crippen LogP contribution >= 0.6 is 10.7 Å². The van der Waals surface area contributed by atoms with E-state index in [4.69, 9.17) is 15.4 Å². The van der Waals surface area contributed by atoms with Gasteiger partial charge < -0.3 is 4.74 Å². The van der Waals surface area contributed by atoms with Crippen LogP contribution < -0.4 is 4.74 Å². The Hall–Kier alpha value is -1.78. The largest absolute Gasteiger partial charge is 0.474 e. The van der Waals surface area contributed by atoms with Gasteiger partial charge in [-0.3, -0.25) is 10.1 Å². The second-order valence-corrected chi connectivity index (χ2v) is 6.03. The van der Waals surface area contributed by atoms with Crippen molar-refractivity contribution in [2.24, 2.45) is 0 Å². The third kappa shape index (κ3) is 3.84. The molecule has 6 nitrogen and oxygen atoms in total. The third-order valence-electron chi connectivity index (χ3n) is 2.19. The number of ether oxygens (including phenoxy) is 1. The number of nitrogens with zero attached hydrogens (tertiary/aromatic N) is 1. The highest BCUT2D eigenvalue weighted by Crippen LogP contribution is 2.33. The molecule has 1 rings (SSSR count). The van der Waals surface area contributed by atoms with Crippen LogP contribution in [0.5, 0.6) is 5.75 Å². The molecular weight excluding hydrogens is 294 g/mol. The van der Waals surface area contributed by atoms with Gasteiger partial charge in [-0.1, -0.05) is 5.92 Å². The Morgan fingerprint density at radius 3 is 2.58 bits per heavy atom. The van der Waals surface area contributed by atoms with Crippen molar-refractivity contribution in [2.45, 2.75) is 18.7 Å². The van der Waals surface area contributed by atoms with E-state index in [0.717, 1.165) is 6.07 Å². The van der Waals surface area contributed by atoms with Gasteiger partial charge >= 0.3 is 5.69 Å². The van der Waals surface area contributed by atoms with E-state index in [1.54, 1.807) is 6.92 Å². The van der Waals surface area contributed by atoms with E-state index >= 15 is 0 Å². The molecule has 0 N–H and O–H groups in total. The topological polar surface area (TPSA) is 86.5 Å². The average molecular weight is 304 g/mol. The van der Waals surface area contributed by atoms with Crippen LogP contribution in [0.3, 0.4) is 0 Å². The highest BCUT2D eigenvalue weighted by Gasteiger charge is 2.23. The van der Waals surface area contributed by atoms with E-state index in [2.05, 4.69) is 11.8 Å². The first kappa shape index (κ1) is 15.3. The fourth-order valence-corrected chi connectivity index (χ4v) is 2.55. The van der Waals surface area contributed by atoms with Crippen molar-refractivity contribution < 1.29 is 18.1 Å². The lowest BCUT2D eigenvalue weighted by Gasteiger charge is -2.07. The first-order chi connectivity index (χ1) is 8.77. The van der Waals surface area contributed by atoms with Gasteiger partial charge in [0.15, 0.2) is 5.75 Å². The summed E-state index contributed by atoms with van der Waals surface area (Å²) in [5, 5.41) is 10.9. The summed E-state index contributed by atoms with van der Waals surface area (Å²) in [4.78, 5) is 9.85. The summed E-state index contributed by atoms with van der Waals surface area (Å²) >= 11 is 0. The Labute approximate surface area is 114 Å². The van der Waals surface area contributed by atoms with Gasteiger partial charge in [0.1, 0.15) is 6.61 Å². The van der Waals surface area contributed by atoms with E-state index in [1.165, 1.54) is 13.0 Å². The molecule has 0 saturated carbocycles. The molecule has 0 aliphatic heterocycles. The van der Waals surface area contributed by atoms with Gasteiger partial charge in [0.2, 0.25) is 0 Å². The summed E-state index contributed by atoms with van der Waals surface area (Å²) in [6, 6.07) is 2.14. The third-order valence-corrected chi connectivity index (χ3v) is 3.66. The zero-order chi connectivity index (χ0) is 14.6. The molecule has 0 spiro atoms. The monoisotopic (exact) mass is 303 g/mol. The summed E-state index contributed by atoms with van der Waals surface area (Å²) in [6.07, 6.45) is 0. The molecule has 0 aliphatic rings. The number of rotatable bonds is 4. The van der Waals surface area contributed by atoms with Gasteiger partial charge in [0.05, 0.1) is 9.82 Å². The van der Waals surface area contributed by atoms with Crippen LogP contribution in [0.4, 0.5) is 5.69 Å². The summed E-state index contributed by atoms with van der Waals surface area (Å²) < 4.78 is 27.7. The Kier molecular flexibility index (Phi) is 4.75. The predicted octanol–water partition coefficient (Wildman–Crippen LogP) is 2.23. The predicted molar refractivity (Wildman–Crippen MR) is 69.8 cm³/mol. The van der Waals surface area contributed by atoms with Crippen LogP contribution in [0.1, 0.15) is 12.5 Å². The van der Waals surface area contributed by atoms with Crippen molar-refractivity contribution in [2.75, 3.05) is 6.61 Å². The summed E-state index contributed by atoms with van der Waals surface area (Å²) in [5.74, 6) is 5.12. The fourth-order valence-electron chi connectivity index (χ4n) is 1.36. The molecule has 0 aliphatic carbocycles. The highest BCUT2D eigenvalue weighted by molar-refractivity contribution is 8.13. The Morgan fingerprint density at radius 1 is 1.47 bits per heavy atom. The molecule has 1 aromatic rings. The van der Waals surface area contributed by atoms with Crippen molar-refractivity contribution in [3.63, 3.8) is 0 Å². The number of benzene rings is 1. The Bertz CT molecular complexity index is 672. The van der Waals surface area contributed by atoms with Gasteiger partial charge in [-0.15, -0.1) is 5.92 Å². The molecule has 8 heteroatoms. The quantitative estimate of drug-likeness (QED) is 0.368. The van der Waals surface area contributed by atoms with E-state index < -0.39 is 19.7 Å². The minimum Gasteiger partial charge on any atom is -0.474 e. The number of nitro benzene ring substituents is 1. The lowest BCUT2D eigenvalue weighted by molar-refractivity contribution is -0.386. The van der Waals surface area contributed by atoms with Gasteiger partial charge in [-0.25, -0.2) is 8.42 Å². The zero-order valence-corrected chi connectivity index (χ0v) is 11.7. The number of hydrogen-bond acceptors (Lipinski definition) is 5. The van der Waals surface area contributed by atoms with Gasteiger partial charge in [-0.2, -0.15) is 0 Å². The molecule has 1 aromatic carbocycles. The van der Waals surface area contributed by atoms with Crippen molar-refractivity contribution in [3.05, 3.63) is 27.8 Å². The van der Waals surface area contributed by atoms with Crippen molar-refractivity contribution >= 4 is 25.4 Å². The standard InChI is InChI=1S/C11H10ClNO5S/c1-3-4-5-18-10-6-8(2)11(19(12,16)17)7-9(10)13(14)15/h6-7H,5H2,1-2H3. The molecule has 0 radical (unpaired) electrons. The molecule has 0 saturated heterocycles. The second-order valence-electron chi connectivity index (χ2n) is 3.50. The average Bonchev–Trinajstić information content (AvgIpc) is 2.27. The number of hydrogen-bond donors (Lipinski definition) is 0. The zero-order valence-electron chi connectivity index (χ0n) is 10.1. The number of aryl methyl sites for hydroxylation is 1.